The molecule has 1 rings (SSSR count). The van der Waals surface area contributed by atoms with E-state index in [0.717, 1.165) is 6.29 Å². The van der Waals surface area contributed by atoms with Crippen LogP contribution in [0.25, 0.3) is 0 Å². The summed E-state index contributed by atoms with van der Waals surface area (Å²) in [6.07, 6.45) is 0.465. The first-order valence-electron chi connectivity index (χ1n) is 5.09. The molecule has 1 heterocycles. The highest BCUT2D eigenvalue weighted by Gasteiger charge is 2.26. The summed E-state index contributed by atoms with van der Waals surface area (Å²) >= 11 is 0. The molecule has 1 N–H and O–H groups in total. The lowest BCUT2D eigenvalue weighted by Crippen LogP contribution is -2.54. The summed E-state index contributed by atoms with van der Waals surface area (Å²) in [5.74, 6) is 0. The molecule has 0 radical (unpaired) electrons. The van der Waals surface area contributed by atoms with Gasteiger partial charge in [0, 0.05) is 19.6 Å². The largest absolute Gasteiger partial charge is 0.444 e. The van der Waals surface area contributed by atoms with Gasteiger partial charge >= 0.3 is 6.09 Å². The van der Waals surface area contributed by atoms with E-state index in [1.165, 1.54) is 0 Å². The fourth-order valence-electron chi connectivity index (χ4n) is 1.36. The van der Waals surface area contributed by atoms with Crippen molar-refractivity contribution in [1.29, 1.82) is 0 Å². The number of hydrogen-bond acceptors (Lipinski definition) is 4. The fraction of sp³-hybridized carbons (Fsp3) is 0.800. The summed E-state index contributed by atoms with van der Waals surface area (Å²) in [5, 5.41) is 3.00. The molecule has 0 aromatic heterocycles. The second-order valence-electron chi connectivity index (χ2n) is 4.62. The minimum absolute atomic E-state index is 0.272. The van der Waals surface area contributed by atoms with E-state index in [2.05, 4.69) is 5.32 Å². The predicted octanol–water partition coefficient (Wildman–Crippen LogP) is 0.394. The number of amides is 1. The zero-order valence-corrected chi connectivity index (χ0v) is 9.45. The Morgan fingerprint density at radius 1 is 1.53 bits per heavy atom. The molecule has 1 saturated heterocycles. The van der Waals surface area contributed by atoms with Gasteiger partial charge in [0.05, 0.1) is 6.04 Å². The highest BCUT2D eigenvalue weighted by atomic mass is 16.6. The SMILES string of the molecule is CC(C)(C)OC(=O)N1CCN[C@H](C=O)C1. The molecule has 5 nitrogen and oxygen atoms in total. The smallest absolute Gasteiger partial charge is 0.410 e. The van der Waals surface area contributed by atoms with Gasteiger partial charge in [0.1, 0.15) is 11.9 Å². The van der Waals surface area contributed by atoms with Crippen LogP contribution in [-0.2, 0) is 9.53 Å². The van der Waals surface area contributed by atoms with Gasteiger partial charge in [0.25, 0.3) is 0 Å². The molecule has 0 aromatic carbocycles. The Bertz CT molecular complexity index is 248. The van der Waals surface area contributed by atoms with Gasteiger partial charge in [-0.2, -0.15) is 0 Å². The van der Waals surface area contributed by atoms with E-state index in [0.29, 0.717) is 19.6 Å². The van der Waals surface area contributed by atoms with Crippen molar-refractivity contribution >= 4 is 12.4 Å². The first-order chi connectivity index (χ1) is 6.92. The van der Waals surface area contributed by atoms with E-state index in [-0.39, 0.29) is 12.1 Å². The third-order valence-electron chi connectivity index (χ3n) is 2.02. The molecule has 0 saturated carbocycles. The van der Waals surface area contributed by atoms with Crippen LogP contribution in [0.4, 0.5) is 4.79 Å². The quantitative estimate of drug-likeness (QED) is 0.642. The third kappa shape index (κ3) is 3.87. The lowest BCUT2D eigenvalue weighted by molar-refractivity contribution is -0.110. The summed E-state index contributed by atoms with van der Waals surface area (Å²) in [6.45, 7) is 7.07. The van der Waals surface area contributed by atoms with E-state index in [4.69, 9.17) is 4.74 Å². The minimum Gasteiger partial charge on any atom is -0.444 e. The number of carbonyl (C=O) groups is 2. The molecule has 0 bridgehead atoms. The molecule has 5 heteroatoms. The summed E-state index contributed by atoms with van der Waals surface area (Å²) < 4.78 is 5.21. The maximum atomic E-state index is 11.6. The van der Waals surface area contributed by atoms with Crippen LogP contribution in [0, 0.1) is 0 Å². The maximum absolute atomic E-state index is 11.6. The Morgan fingerprint density at radius 2 is 2.20 bits per heavy atom. The molecular weight excluding hydrogens is 196 g/mol. The molecule has 1 fully saturated rings. The highest BCUT2D eigenvalue weighted by molar-refractivity contribution is 5.70. The number of nitrogens with one attached hydrogen (secondary N) is 1. The molecule has 0 unspecified atom stereocenters. The molecule has 0 aromatic rings. The Hall–Kier alpha value is -1.10. The monoisotopic (exact) mass is 214 g/mol. The number of nitrogens with zero attached hydrogens (tertiary/aromatic N) is 1. The number of carbonyl (C=O) groups excluding carboxylic acids is 2. The second-order valence-corrected chi connectivity index (χ2v) is 4.62. The van der Waals surface area contributed by atoms with E-state index in [1.807, 2.05) is 20.8 Å². The molecule has 0 spiro atoms. The van der Waals surface area contributed by atoms with Crippen LogP contribution in [-0.4, -0.2) is 48.6 Å². The van der Waals surface area contributed by atoms with Gasteiger partial charge in [-0.1, -0.05) is 0 Å². The van der Waals surface area contributed by atoms with Crippen molar-refractivity contribution in [2.45, 2.75) is 32.4 Å². The van der Waals surface area contributed by atoms with Gasteiger partial charge in [-0.3, -0.25) is 0 Å². The molecule has 0 aliphatic carbocycles. The first-order valence-corrected chi connectivity index (χ1v) is 5.09. The number of hydrogen-bond donors (Lipinski definition) is 1. The number of rotatable bonds is 1. The maximum Gasteiger partial charge on any atom is 0.410 e. The van der Waals surface area contributed by atoms with Crippen LogP contribution in [0.2, 0.25) is 0 Å². The van der Waals surface area contributed by atoms with Crippen molar-refractivity contribution in [3.8, 4) is 0 Å². The zero-order valence-electron chi connectivity index (χ0n) is 9.45. The zero-order chi connectivity index (χ0) is 11.5. The lowest BCUT2D eigenvalue weighted by atomic mass is 10.2. The second kappa shape index (κ2) is 4.61. The minimum atomic E-state index is -0.487. The lowest BCUT2D eigenvalue weighted by Gasteiger charge is -2.32. The van der Waals surface area contributed by atoms with Crippen LogP contribution in [0.5, 0.6) is 0 Å². The van der Waals surface area contributed by atoms with Gasteiger partial charge in [0.2, 0.25) is 0 Å². The average Bonchev–Trinajstić information content (AvgIpc) is 2.15. The predicted molar refractivity (Wildman–Crippen MR) is 55.7 cm³/mol. The number of piperazine rings is 1. The van der Waals surface area contributed by atoms with Crippen molar-refractivity contribution in [3.63, 3.8) is 0 Å². The molecule has 1 amide bonds. The first kappa shape index (κ1) is 12.0. The van der Waals surface area contributed by atoms with Gasteiger partial charge in [-0.25, -0.2) is 4.79 Å². The van der Waals surface area contributed by atoms with Crippen molar-refractivity contribution < 1.29 is 14.3 Å². The average molecular weight is 214 g/mol. The number of aldehydes is 1. The normalized spacial score (nSPS) is 22.3. The van der Waals surface area contributed by atoms with Crippen molar-refractivity contribution in [3.05, 3.63) is 0 Å². The Balaban J connectivity index is 2.49. The van der Waals surface area contributed by atoms with E-state index in [1.54, 1.807) is 4.90 Å². The van der Waals surface area contributed by atoms with Gasteiger partial charge in [-0.15, -0.1) is 0 Å². The Labute approximate surface area is 89.8 Å². The van der Waals surface area contributed by atoms with E-state index in [9.17, 15) is 9.59 Å². The van der Waals surface area contributed by atoms with Gasteiger partial charge in [-0.05, 0) is 20.8 Å². The molecule has 86 valence electrons. The topological polar surface area (TPSA) is 58.6 Å². The van der Waals surface area contributed by atoms with Crippen LogP contribution in [0.15, 0.2) is 0 Å². The van der Waals surface area contributed by atoms with Crippen LogP contribution >= 0.6 is 0 Å². The van der Waals surface area contributed by atoms with Crippen LogP contribution in [0.1, 0.15) is 20.8 Å². The summed E-state index contributed by atoms with van der Waals surface area (Å²) in [4.78, 5) is 23.8. The standard InChI is InChI=1S/C10H18N2O3/c1-10(2,3)15-9(14)12-5-4-11-8(6-12)7-13/h7-8,11H,4-6H2,1-3H3/t8-/m0/s1. The van der Waals surface area contributed by atoms with E-state index < -0.39 is 5.60 Å². The highest BCUT2D eigenvalue weighted by Crippen LogP contribution is 2.10. The Kier molecular flexibility index (Phi) is 3.68. The van der Waals surface area contributed by atoms with Gasteiger partial charge in [0.15, 0.2) is 0 Å². The van der Waals surface area contributed by atoms with Crippen molar-refractivity contribution in [2.75, 3.05) is 19.6 Å². The van der Waals surface area contributed by atoms with Crippen molar-refractivity contribution in [2.24, 2.45) is 0 Å². The Morgan fingerprint density at radius 3 is 2.73 bits per heavy atom. The van der Waals surface area contributed by atoms with Gasteiger partial charge < -0.3 is 19.7 Å². The molecule has 15 heavy (non-hydrogen) atoms. The van der Waals surface area contributed by atoms with E-state index >= 15 is 0 Å². The summed E-state index contributed by atoms with van der Waals surface area (Å²) in [7, 11) is 0. The fourth-order valence-corrected chi connectivity index (χ4v) is 1.36. The third-order valence-corrected chi connectivity index (χ3v) is 2.02. The van der Waals surface area contributed by atoms with Crippen LogP contribution in [0.3, 0.4) is 0 Å². The summed E-state index contributed by atoms with van der Waals surface area (Å²) in [6, 6.07) is -0.272. The molecule has 1 aliphatic rings. The molecule has 1 aliphatic heterocycles. The van der Waals surface area contributed by atoms with Crippen LogP contribution < -0.4 is 5.32 Å². The summed E-state index contributed by atoms with van der Waals surface area (Å²) in [5.41, 5.74) is -0.487. The van der Waals surface area contributed by atoms with Crippen molar-refractivity contribution in [1.82, 2.24) is 10.2 Å². The molecular formula is C10H18N2O3. The number of ether oxygens (including phenoxy) is 1. The molecule has 1 atom stereocenters.